The fourth-order valence-electron chi connectivity index (χ4n) is 2.04. The molecule has 0 aliphatic carbocycles. The van der Waals surface area contributed by atoms with E-state index in [1.165, 1.54) is 0 Å². The minimum atomic E-state index is -3.58. The van der Waals surface area contributed by atoms with Gasteiger partial charge < -0.3 is 5.32 Å². The highest BCUT2D eigenvalue weighted by molar-refractivity contribution is 7.88. The number of nitrogens with one attached hydrogen (secondary N) is 1. The lowest BCUT2D eigenvalue weighted by Gasteiger charge is -2.19. The van der Waals surface area contributed by atoms with Gasteiger partial charge >= 0.3 is 0 Å². The molecule has 25 heavy (non-hydrogen) atoms. The Morgan fingerprint density at radius 1 is 1.20 bits per heavy atom. The molecule has 0 aliphatic rings. The van der Waals surface area contributed by atoms with Crippen molar-refractivity contribution in [1.29, 1.82) is 0 Å². The molecule has 0 saturated carbocycles. The summed E-state index contributed by atoms with van der Waals surface area (Å²) in [6.45, 7) is -0.0529. The van der Waals surface area contributed by atoms with E-state index in [9.17, 15) is 13.2 Å². The van der Waals surface area contributed by atoms with Crippen molar-refractivity contribution >= 4 is 39.1 Å². The first-order valence-corrected chi connectivity index (χ1v) is 9.92. The van der Waals surface area contributed by atoms with Crippen molar-refractivity contribution in [1.82, 2.24) is 14.6 Å². The third-order valence-corrected chi connectivity index (χ3v) is 5.26. The average Bonchev–Trinajstić information content (AvgIpc) is 2.56. The minimum absolute atomic E-state index is 0.0206. The van der Waals surface area contributed by atoms with E-state index in [1.54, 1.807) is 36.5 Å². The molecule has 2 rings (SSSR count). The molecule has 0 unspecified atom stereocenters. The lowest BCUT2D eigenvalue weighted by atomic mass is 10.2. The van der Waals surface area contributed by atoms with Crippen molar-refractivity contribution in [2.24, 2.45) is 0 Å². The van der Waals surface area contributed by atoms with Gasteiger partial charge in [-0.05, 0) is 29.8 Å². The molecule has 6 nitrogen and oxygen atoms in total. The van der Waals surface area contributed by atoms with Crippen molar-refractivity contribution in [2.75, 3.05) is 12.8 Å². The van der Waals surface area contributed by atoms with Crippen LogP contribution in [0, 0.1) is 0 Å². The van der Waals surface area contributed by atoms with E-state index in [0.717, 1.165) is 10.6 Å². The number of rotatable bonds is 7. The van der Waals surface area contributed by atoms with Gasteiger partial charge in [0.1, 0.15) is 0 Å². The topological polar surface area (TPSA) is 79.4 Å². The van der Waals surface area contributed by atoms with Gasteiger partial charge in [0.2, 0.25) is 15.9 Å². The molecule has 0 bridgehead atoms. The summed E-state index contributed by atoms with van der Waals surface area (Å²) < 4.78 is 25.0. The molecule has 9 heteroatoms. The van der Waals surface area contributed by atoms with Crippen LogP contribution in [-0.2, 0) is 27.9 Å². The van der Waals surface area contributed by atoms with Crippen molar-refractivity contribution in [3.8, 4) is 0 Å². The van der Waals surface area contributed by atoms with Gasteiger partial charge in [-0.2, -0.15) is 4.31 Å². The summed E-state index contributed by atoms with van der Waals surface area (Å²) in [4.78, 5) is 16.2. The van der Waals surface area contributed by atoms with Crippen LogP contribution < -0.4 is 5.32 Å². The molecule has 1 aromatic heterocycles. The molecule has 0 fully saturated rings. The fraction of sp³-hybridized carbons (Fsp3) is 0.250. The monoisotopic (exact) mass is 401 g/mol. The molecule has 2 aromatic rings. The SMILES string of the molecule is CS(=O)(=O)N(CC(=O)NCc1ccccn1)Cc1ccc(Cl)c(Cl)c1. The molecule has 0 radical (unpaired) electrons. The molecule has 1 amide bonds. The van der Waals surface area contributed by atoms with Gasteiger partial charge in [-0.3, -0.25) is 9.78 Å². The molecule has 0 spiro atoms. The van der Waals surface area contributed by atoms with Gasteiger partial charge in [0.05, 0.1) is 35.1 Å². The van der Waals surface area contributed by atoms with Crippen molar-refractivity contribution in [2.45, 2.75) is 13.1 Å². The second kappa shape index (κ2) is 8.62. The number of aromatic nitrogens is 1. The van der Waals surface area contributed by atoms with Crippen LogP contribution in [0.2, 0.25) is 10.0 Å². The summed E-state index contributed by atoms with van der Waals surface area (Å²) in [6.07, 6.45) is 2.67. The van der Waals surface area contributed by atoms with E-state index >= 15 is 0 Å². The summed E-state index contributed by atoms with van der Waals surface area (Å²) >= 11 is 11.8. The Hall–Kier alpha value is -1.67. The minimum Gasteiger partial charge on any atom is -0.349 e. The third kappa shape index (κ3) is 6.28. The van der Waals surface area contributed by atoms with Crippen LogP contribution in [0.5, 0.6) is 0 Å². The number of sulfonamides is 1. The Kier molecular flexibility index (Phi) is 6.78. The predicted molar refractivity (Wildman–Crippen MR) is 97.8 cm³/mol. The lowest BCUT2D eigenvalue weighted by molar-refractivity contribution is -0.121. The standard InChI is InChI=1S/C16H17Cl2N3O3S/c1-25(23,24)21(10-12-5-6-14(17)15(18)8-12)11-16(22)20-9-13-4-2-3-7-19-13/h2-8H,9-11H2,1H3,(H,20,22). The Morgan fingerprint density at radius 2 is 1.96 bits per heavy atom. The van der Waals surface area contributed by atoms with E-state index in [1.807, 2.05) is 6.07 Å². The van der Waals surface area contributed by atoms with E-state index in [2.05, 4.69) is 10.3 Å². The largest absolute Gasteiger partial charge is 0.349 e. The molecule has 0 saturated heterocycles. The molecule has 1 aromatic carbocycles. The fourth-order valence-corrected chi connectivity index (χ4v) is 3.10. The van der Waals surface area contributed by atoms with Crippen molar-refractivity contribution < 1.29 is 13.2 Å². The Bertz CT molecular complexity index is 845. The lowest BCUT2D eigenvalue weighted by Crippen LogP contribution is -2.39. The zero-order valence-electron chi connectivity index (χ0n) is 13.4. The number of pyridine rings is 1. The number of nitrogens with zero attached hydrogens (tertiary/aromatic N) is 2. The zero-order valence-corrected chi connectivity index (χ0v) is 15.8. The maximum atomic E-state index is 12.1. The highest BCUT2D eigenvalue weighted by Gasteiger charge is 2.20. The van der Waals surface area contributed by atoms with Crippen LogP contribution >= 0.6 is 23.2 Å². The molecule has 134 valence electrons. The molecule has 1 heterocycles. The quantitative estimate of drug-likeness (QED) is 0.772. The molecule has 1 N–H and O–H groups in total. The average molecular weight is 402 g/mol. The number of amides is 1. The maximum Gasteiger partial charge on any atom is 0.235 e. The number of hydrogen-bond donors (Lipinski definition) is 1. The molecule has 0 aliphatic heterocycles. The summed E-state index contributed by atoms with van der Waals surface area (Å²) in [6, 6.07) is 10.2. The van der Waals surface area contributed by atoms with Gasteiger partial charge in [0.25, 0.3) is 0 Å². The first-order chi connectivity index (χ1) is 11.8. The van der Waals surface area contributed by atoms with E-state index in [4.69, 9.17) is 23.2 Å². The summed E-state index contributed by atoms with van der Waals surface area (Å²) in [5, 5.41) is 3.36. The van der Waals surface area contributed by atoms with Gasteiger partial charge in [0.15, 0.2) is 0 Å². The Labute approximate surface area is 156 Å². The van der Waals surface area contributed by atoms with Crippen LogP contribution in [0.25, 0.3) is 0 Å². The Morgan fingerprint density at radius 3 is 2.56 bits per heavy atom. The molecular weight excluding hydrogens is 385 g/mol. The van der Waals surface area contributed by atoms with Gasteiger partial charge in [-0.25, -0.2) is 8.42 Å². The summed E-state index contributed by atoms with van der Waals surface area (Å²) in [7, 11) is -3.58. The van der Waals surface area contributed by atoms with Crippen LogP contribution in [0.15, 0.2) is 42.6 Å². The first kappa shape index (κ1) is 19.7. The first-order valence-electron chi connectivity index (χ1n) is 7.31. The van der Waals surface area contributed by atoms with Gasteiger partial charge in [0, 0.05) is 12.7 Å². The van der Waals surface area contributed by atoms with Gasteiger partial charge in [-0.15, -0.1) is 0 Å². The van der Waals surface area contributed by atoms with Crippen LogP contribution in [0.3, 0.4) is 0 Å². The number of carbonyl (C=O) groups excluding carboxylic acids is 1. The van der Waals surface area contributed by atoms with E-state index < -0.39 is 15.9 Å². The third-order valence-electron chi connectivity index (χ3n) is 3.32. The van der Waals surface area contributed by atoms with E-state index in [0.29, 0.717) is 21.3 Å². The normalized spacial score (nSPS) is 11.5. The zero-order chi connectivity index (χ0) is 18.4. The van der Waals surface area contributed by atoms with Crippen molar-refractivity contribution in [3.63, 3.8) is 0 Å². The second-order valence-corrected chi connectivity index (χ2v) is 8.17. The smallest absolute Gasteiger partial charge is 0.235 e. The number of hydrogen-bond acceptors (Lipinski definition) is 4. The van der Waals surface area contributed by atoms with Gasteiger partial charge in [-0.1, -0.05) is 35.3 Å². The number of benzene rings is 1. The Balaban J connectivity index is 2.02. The highest BCUT2D eigenvalue weighted by atomic mass is 35.5. The maximum absolute atomic E-state index is 12.1. The van der Waals surface area contributed by atoms with E-state index in [-0.39, 0.29) is 19.6 Å². The predicted octanol–water partition coefficient (Wildman–Crippen LogP) is 2.47. The van der Waals surface area contributed by atoms with Crippen LogP contribution in [0.1, 0.15) is 11.3 Å². The van der Waals surface area contributed by atoms with Crippen LogP contribution in [-0.4, -0.2) is 36.4 Å². The molecular formula is C16H17Cl2N3O3S. The molecule has 0 atom stereocenters. The number of halogens is 2. The number of carbonyl (C=O) groups is 1. The summed E-state index contributed by atoms with van der Waals surface area (Å²) in [5.41, 5.74) is 1.32. The van der Waals surface area contributed by atoms with Crippen LogP contribution in [0.4, 0.5) is 0 Å². The summed E-state index contributed by atoms with van der Waals surface area (Å²) in [5.74, 6) is -0.420. The van der Waals surface area contributed by atoms with Crippen molar-refractivity contribution in [3.05, 3.63) is 63.9 Å². The highest BCUT2D eigenvalue weighted by Crippen LogP contribution is 2.23. The second-order valence-electron chi connectivity index (χ2n) is 5.38.